The van der Waals surface area contributed by atoms with E-state index >= 15 is 0 Å². The Bertz CT molecular complexity index is 590. The van der Waals surface area contributed by atoms with E-state index in [1.807, 2.05) is 0 Å². The molecule has 0 N–H and O–H groups in total. The Morgan fingerprint density at radius 2 is 1.72 bits per heavy atom. The lowest BCUT2D eigenvalue weighted by atomic mass is 10.2. The molecule has 0 amide bonds. The Balaban J connectivity index is 2.76. The van der Waals surface area contributed by atoms with Crippen LogP contribution in [0.3, 0.4) is 0 Å². The van der Waals surface area contributed by atoms with Crippen LogP contribution in [0.1, 0.15) is 26.5 Å². The molecule has 3 heteroatoms. The lowest BCUT2D eigenvalue weighted by Crippen LogP contribution is -2.45. The van der Waals surface area contributed by atoms with Gasteiger partial charge in [0.15, 0.2) is 8.24 Å². The van der Waals surface area contributed by atoms with Crippen LogP contribution in [0.5, 0.6) is 0 Å². The van der Waals surface area contributed by atoms with Crippen molar-refractivity contribution in [2.45, 2.75) is 45.8 Å². The van der Waals surface area contributed by atoms with E-state index < -0.39 is 8.24 Å². The number of nitrogens with zero attached hydrogens (tertiary/aromatic N) is 1. The summed E-state index contributed by atoms with van der Waals surface area (Å²) in [7, 11) is -1.55. The SMILES string of the molecule is Cc1cc2cc(Br)ccc2n1[Si](C)(C)C(C)(C)C. The molecule has 0 fully saturated rings. The quantitative estimate of drug-likeness (QED) is 0.605. The fourth-order valence-electron chi connectivity index (χ4n) is 2.40. The molecule has 0 atom stereocenters. The number of benzene rings is 1. The van der Waals surface area contributed by atoms with Gasteiger partial charge in [0.05, 0.1) is 0 Å². The van der Waals surface area contributed by atoms with E-state index in [0.29, 0.717) is 5.04 Å². The van der Waals surface area contributed by atoms with E-state index in [0.717, 1.165) is 4.47 Å². The molecule has 0 aliphatic rings. The molecule has 1 nitrogen and oxygen atoms in total. The molecule has 0 saturated carbocycles. The third-order valence-electron chi connectivity index (χ3n) is 4.34. The van der Waals surface area contributed by atoms with E-state index in [1.165, 1.54) is 16.6 Å². The Hall–Kier alpha value is -0.543. The molecule has 18 heavy (non-hydrogen) atoms. The van der Waals surface area contributed by atoms with Gasteiger partial charge < -0.3 is 4.23 Å². The molecule has 2 aromatic rings. The second kappa shape index (κ2) is 4.24. The van der Waals surface area contributed by atoms with Gasteiger partial charge in [0.2, 0.25) is 0 Å². The lowest BCUT2D eigenvalue weighted by molar-refractivity contribution is 0.700. The summed E-state index contributed by atoms with van der Waals surface area (Å²) in [6.45, 7) is 14.2. The smallest absolute Gasteiger partial charge is 0.161 e. The minimum absolute atomic E-state index is 0.344. The fraction of sp³-hybridized carbons (Fsp3) is 0.467. The van der Waals surface area contributed by atoms with Crippen molar-refractivity contribution < 1.29 is 0 Å². The van der Waals surface area contributed by atoms with Crippen molar-refractivity contribution in [1.29, 1.82) is 0 Å². The van der Waals surface area contributed by atoms with Gasteiger partial charge in [-0.2, -0.15) is 0 Å². The van der Waals surface area contributed by atoms with Crippen LogP contribution in [-0.2, 0) is 0 Å². The highest BCUT2D eigenvalue weighted by molar-refractivity contribution is 9.10. The highest BCUT2D eigenvalue weighted by atomic mass is 79.9. The number of aryl methyl sites for hydroxylation is 1. The molecule has 1 aromatic carbocycles. The van der Waals surface area contributed by atoms with Gasteiger partial charge in [0.1, 0.15) is 0 Å². The minimum Gasteiger partial charge on any atom is -0.372 e. The summed E-state index contributed by atoms with van der Waals surface area (Å²) >= 11 is 3.56. The largest absolute Gasteiger partial charge is 0.372 e. The first-order valence-corrected chi connectivity index (χ1v) is 10.2. The number of halogens is 1. The Labute approximate surface area is 119 Å². The Morgan fingerprint density at radius 1 is 1.11 bits per heavy atom. The third-order valence-corrected chi connectivity index (χ3v) is 10.2. The molecule has 0 radical (unpaired) electrons. The molecule has 2 rings (SSSR count). The van der Waals surface area contributed by atoms with E-state index in [4.69, 9.17) is 0 Å². The van der Waals surface area contributed by atoms with Crippen LogP contribution in [0.15, 0.2) is 28.7 Å². The van der Waals surface area contributed by atoms with Crippen LogP contribution in [0.2, 0.25) is 18.1 Å². The Morgan fingerprint density at radius 3 is 2.28 bits per heavy atom. The first-order valence-electron chi connectivity index (χ1n) is 6.43. The standard InChI is InChI=1S/C15H22BrNSi/c1-11-9-12-10-13(16)7-8-14(12)17(11)18(5,6)15(2,3)4/h7-10H,1-6H3. The molecule has 0 spiro atoms. The van der Waals surface area contributed by atoms with Crippen molar-refractivity contribution in [2.24, 2.45) is 0 Å². The summed E-state index contributed by atoms with van der Waals surface area (Å²) in [6, 6.07) is 8.91. The molecule has 98 valence electrons. The van der Waals surface area contributed by atoms with Crippen LogP contribution in [0, 0.1) is 6.92 Å². The third kappa shape index (κ3) is 2.08. The van der Waals surface area contributed by atoms with E-state index in [9.17, 15) is 0 Å². The second-order valence-corrected chi connectivity index (χ2v) is 12.6. The maximum absolute atomic E-state index is 3.56. The normalized spacial score (nSPS) is 13.3. The first kappa shape index (κ1) is 13.9. The molecule has 0 unspecified atom stereocenters. The summed E-state index contributed by atoms with van der Waals surface area (Å²) < 4.78 is 3.76. The number of hydrogen-bond donors (Lipinski definition) is 0. The van der Waals surface area contributed by atoms with E-state index in [2.05, 4.69) is 85.2 Å². The van der Waals surface area contributed by atoms with Gasteiger partial charge in [-0.25, -0.2) is 0 Å². The number of hydrogen-bond acceptors (Lipinski definition) is 0. The average molecular weight is 324 g/mol. The molecular weight excluding hydrogens is 302 g/mol. The van der Waals surface area contributed by atoms with Crippen molar-refractivity contribution >= 4 is 35.1 Å². The summed E-state index contributed by atoms with van der Waals surface area (Å²) in [5.41, 5.74) is 2.76. The lowest BCUT2D eigenvalue weighted by Gasteiger charge is -2.39. The van der Waals surface area contributed by atoms with E-state index in [1.54, 1.807) is 0 Å². The summed E-state index contributed by atoms with van der Waals surface area (Å²) in [4.78, 5) is 0. The number of fused-ring (bicyclic) bond motifs is 1. The molecule has 0 aliphatic heterocycles. The summed E-state index contributed by atoms with van der Waals surface area (Å²) in [5.74, 6) is 0. The van der Waals surface area contributed by atoms with Gasteiger partial charge in [-0.05, 0) is 36.2 Å². The van der Waals surface area contributed by atoms with Crippen molar-refractivity contribution in [3.8, 4) is 0 Å². The molecular formula is C15H22BrNSi. The van der Waals surface area contributed by atoms with Crippen LogP contribution < -0.4 is 0 Å². The van der Waals surface area contributed by atoms with Gasteiger partial charge in [-0.3, -0.25) is 0 Å². The monoisotopic (exact) mass is 323 g/mol. The zero-order chi connectivity index (χ0) is 13.7. The van der Waals surface area contributed by atoms with Gasteiger partial charge in [0, 0.05) is 21.1 Å². The topological polar surface area (TPSA) is 4.93 Å². The highest BCUT2D eigenvalue weighted by Gasteiger charge is 2.38. The molecule has 1 heterocycles. The summed E-state index contributed by atoms with van der Waals surface area (Å²) in [5, 5.41) is 1.68. The zero-order valence-electron chi connectivity index (χ0n) is 12.1. The van der Waals surface area contributed by atoms with Crippen LogP contribution in [0.4, 0.5) is 0 Å². The van der Waals surface area contributed by atoms with Gasteiger partial charge >= 0.3 is 0 Å². The van der Waals surface area contributed by atoms with Crippen molar-refractivity contribution in [3.63, 3.8) is 0 Å². The van der Waals surface area contributed by atoms with Gasteiger partial charge in [-0.1, -0.05) is 49.8 Å². The molecule has 1 aromatic heterocycles. The van der Waals surface area contributed by atoms with Crippen molar-refractivity contribution in [1.82, 2.24) is 4.23 Å². The van der Waals surface area contributed by atoms with Crippen LogP contribution in [0.25, 0.3) is 10.9 Å². The molecule has 0 bridgehead atoms. The Kier molecular flexibility index (Phi) is 3.27. The van der Waals surface area contributed by atoms with Crippen molar-refractivity contribution in [3.05, 3.63) is 34.4 Å². The first-order chi connectivity index (χ1) is 8.14. The van der Waals surface area contributed by atoms with E-state index in [-0.39, 0.29) is 0 Å². The maximum Gasteiger partial charge on any atom is 0.161 e. The highest BCUT2D eigenvalue weighted by Crippen LogP contribution is 2.40. The average Bonchev–Trinajstić information content (AvgIpc) is 2.51. The van der Waals surface area contributed by atoms with Crippen molar-refractivity contribution in [2.75, 3.05) is 0 Å². The second-order valence-electron chi connectivity index (χ2n) is 6.63. The van der Waals surface area contributed by atoms with Gasteiger partial charge in [0.25, 0.3) is 0 Å². The number of rotatable bonds is 1. The maximum atomic E-state index is 3.56. The molecule has 0 aliphatic carbocycles. The fourth-order valence-corrected chi connectivity index (χ4v) is 5.20. The van der Waals surface area contributed by atoms with Gasteiger partial charge in [-0.15, -0.1) is 0 Å². The minimum atomic E-state index is -1.55. The molecule has 0 saturated heterocycles. The number of aromatic nitrogens is 1. The predicted octanol–water partition coefficient (Wildman–Crippen LogP) is 5.57. The van der Waals surface area contributed by atoms with Crippen LogP contribution >= 0.6 is 15.9 Å². The zero-order valence-corrected chi connectivity index (χ0v) is 14.7. The summed E-state index contributed by atoms with van der Waals surface area (Å²) in [6.07, 6.45) is 0. The predicted molar refractivity (Wildman–Crippen MR) is 87.0 cm³/mol. The van der Waals surface area contributed by atoms with Crippen LogP contribution in [-0.4, -0.2) is 12.5 Å².